The van der Waals surface area contributed by atoms with E-state index < -0.39 is 11.7 Å². The van der Waals surface area contributed by atoms with Gasteiger partial charge in [-0.1, -0.05) is 5.92 Å². The Morgan fingerprint density at radius 3 is 2.89 bits per heavy atom. The molecule has 0 spiro atoms. The van der Waals surface area contributed by atoms with E-state index in [2.05, 4.69) is 31.2 Å². The van der Waals surface area contributed by atoms with Crippen molar-refractivity contribution >= 4 is 17.7 Å². The molecule has 0 saturated carbocycles. The Bertz CT molecular complexity index is 864. The van der Waals surface area contributed by atoms with Gasteiger partial charge in [-0.2, -0.15) is 0 Å². The van der Waals surface area contributed by atoms with Crippen LogP contribution in [0.15, 0.2) is 29.5 Å². The van der Waals surface area contributed by atoms with Gasteiger partial charge in [-0.25, -0.2) is 24.3 Å². The number of aliphatic imine (C=N–C) groups is 1. The number of halogens is 1. The molecule has 0 radical (unpaired) electrons. The Morgan fingerprint density at radius 2 is 2.22 bits per heavy atom. The van der Waals surface area contributed by atoms with Gasteiger partial charge in [-0.3, -0.25) is 4.79 Å². The molecule has 0 saturated heterocycles. The van der Waals surface area contributed by atoms with Crippen molar-refractivity contribution in [1.29, 1.82) is 0 Å². The molecule has 0 aliphatic rings. The third-order valence-electron chi connectivity index (χ3n) is 3.13. The average Bonchev–Trinajstić information content (AvgIpc) is 2.68. The Hall–Kier alpha value is -3.74. The maximum atomic E-state index is 13.8. The number of amidine groups is 1. The fourth-order valence-electron chi connectivity index (χ4n) is 1.85. The summed E-state index contributed by atoms with van der Waals surface area (Å²) < 4.78 is 24.0. The number of ether oxygens (including phenoxy) is 2. The highest BCUT2D eigenvalue weighted by Gasteiger charge is 2.12. The van der Waals surface area contributed by atoms with Crippen LogP contribution >= 0.6 is 0 Å². The third kappa shape index (κ3) is 5.93. The van der Waals surface area contributed by atoms with Crippen LogP contribution in [0.1, 0.15) is 16.2 Å². The van der Waals surface area contributed by atoms with Crippen LogP contribution in [0.2, 0.25) is 0 Å². The number of carbonyl (C=O) groups excluding carboxylic acids is 1. The van der Waals surface area contributed by atoms with Crippen molar-refractivity contribution in [2.45, 2.75) is 6.42 Å². The molecule has 1 amide bonds. The number of hydrogen-bond donors (Lipinski definition) is 2. The average molecular weight is 372 g/mol. The van der Waals surface area contributed by atoms with E-state index >= 15 is 0 Å². The Morgan fingerprint density at radius 1 is 1.41 bits per heavy atom. The first kappa shape index (κ1) is 19.6. The number of nitrogens with two attached hydrogens (primary N) is 1. The van der Waals surface area contributed by atoms with Crippen molar-refractivity contribution in [1.82, 2.24) is 15.0 Å². The first-order valence-corrected chi connectivity index (χ1v) is 7.73. The van der Waals surface area contributed by atoms with Gasteiger partial charge >= 0.3 is 0 Å². The first-order valence-electron chi connectivity index (χ1n) is 7.73. The summed E-state index contributed by atoms with van der Waals surface area (Å²) in [5, 5.41) is 2.52. The van der Waals surface area contributed by atoms with Gasteiger partial charge in [0.1, 0.15) is 17.3 Å². The summed E-state index contributed by atoms with van der Waals surface area (Å²) in [5.74, 6) is 1.55. The van der Waals surface area contributed by atoms with Crippen molar-refractivity contribution < 1.29 is 18.7 Å². The maximum Gasteiger partial charge on any atom is 0.281 e. The molecule has 2 heterocycles. The normalized spacial score (nSPS) is 10.8. The minimum Gasteiger partial charge on any atom is -0.465 e. The summed E-state index contributed by atoms with van der Waals surface area (Å²) in [4.78, 5) is 27.7. The standard InChI is InChI=1S/C17H17FN6O3/c1-3-7-26-15-10-21-13(9-22-15)16(25)24-14-5-4-11(18)12(23-14)6-8-27-17(19)20-2/h1,4-5,9-10H,6-8H2,2H3,(H2,19,20)(H,23,24,25). The molecule has 0 aliphatic carbocycles. The van der Waals surface area contributed by atoms with Gasteiger partial charge in [0.25, 0.3) is 11.9 Å². The lowest BCUT2D eigenvalue weighted by Gasteiger charge is -2.08. The van der Waals surface area contributed by atoms with Crippen LogP contribution in [-0.4, -0.2) is 47.1 Å². The number of rotatable bonds is 7. The zero-order valence-corrected chi connectivity index (χ0v) is 14.5. The van der Waals surface area contributed by atoms with Crippen LogP contribution in [0.4, 0.5) is 10.2 Å². The quantitative estimate of drug-likeness (QED) is 0.418. The largest absolute Gasteiger partial charge is 0.465 e. The minimum absolute atomic E-state index is 0.00638. The number of hydrogen-bond acceptors (Lipinski definition) is 7. The molecule has 0 bridgehead atoms. The summed E-state index contributed by atoms with van der Waals surface area (Å²) in [6, 6.07) is 2.52. The van der Waals surface area contributed by atoms with E-state index in [9.17, 15) is 9.18 Å². The van der Waals surface area contributed by atoms with Crippen molar-refractivity contribution in [2.75, 3.05) is 25.6 Å². The maximum absolute atomic E-state index is 13.8. The molecule has 3 N–H and O–H groups in total. The lowest BCUT2D eigenvalue weighted by molar-refractivity contribution is 0.102. The van der Waals surface area contributed by atoms with E-state index in [0.29, 0.717) is 0 Å². The minimum atomic E-state index is -0.560. The van der Waals surface area contributed by atoms with Gasteiger partial charge in [0.05, 0.1) is 24.7 Å². The predicted molar refractivity (Wildman–Crippen MR) is 95.7 cm³/mol. The highest BCUT2D eigenvalue weighted by Crippen LogP contribution is 2.12. The van der Waals surface area contributed by atoms with E-state index in [-0.39, 0.29) is 48.7 Å². The number of anilines is 1. The van der Waals surface area contributed by atoms with E-state index in [1.54, 1.807) is 0 Å². The van der Waals surface area contributed by atoms with Gasteiger partial charge in [-0.15, -0.1) is 6.42 Å². The second-order valence-corrected chi connectivity index (χ2v) is 4.97. The van der Waals surface area contributed by atoms with E-state index in [1.165, 1.54) is 31.6 Å². The molecule has 0 unspecified atom stereocenters. The second-order valence-electron chi connectivity index (χ2n) is 4.97. The number of nitrogens with zero attached hydrogens (tertiary/aromatic N) is 4. The molecular formula is C17H17FN6O3. The van der Waals surface area contributed by atoms with Crippen LogP contribution in [0.3, 0.4) is 0 Å². The third-order valence-corrected chi connectivity index (χ3v) is 3.13. The molecule has 2 rings (SSSR count). The zero-order chi connectivity index (χ0) is 19.6. The highest BCUT2D eigenvalue weighted by atomic mass is 19.1. The lowest BCUT2D eigenvalue weighted by Crippen LogP contribution is -2.18. The summed E-state index contributed by atoms with van der Waals surface area (Å²) in [5.41, 5.74) is 5.54. The summed E-state index contributed by atoms with van der Waals surface area (Å²) in [7, 11) is 1.47. The number of terminal acetylenes is 1. The number of aromatic nitrogens is 3. The van der Waals surface area contributed by atoms with Crippen LogP contribution in [0.5, 0.6) is 5.88 Å². The fraction of sp³-hybridized carbons (Fsp3) is 0.235. The highest BCUT2D eigenvalue weighted by molar-refractivity contribution is 6.02. The Labute approximate surface area is 154 Å². The van der Waals surface area contributed by atoms with E-state index in [4.69, 9.17) is 21.6 Å². The summed E-state index contributed by atoms with van der Waals surface area (Å²) in [6.07, 6.45) is 7.72. The van der Waals surface area contributed by atoms with Gasteiger partial charge in [0.2, 0.25) is 5.88 Å². The summed E-state index contributed by atoms with van der Waals surface area (Å²) >= 11 is 0. The number of pyridine rings is 1. The number of nitrogens with one attached hydrogen (secondary N) is 1. The molecule has 0 atom stereocenters. The predicted octanol–water partition coefficient (Wildman–Crippen LogP) is 0.779. The zero-order valence-electron chi connectivity index (χ0n) is 14.5. The molecule has 0 fully saturated rings. The van der Waals surface area contributed by atoms with Crippen molar-refractivity contribution in [2.24, 2.45) is 10.7 Å². The van der Waals surface area contributed by atoms with Crippen molar-refractivity contribution in [3.63, 3.8) is 0 Å². The molecule has 2 aromatic heterocycles. The van der Waals surface area contributed by atoms with Gasteiger partial charge < -0.3 is 20.5 Å². The van der Waals surface area contributed by atoms with Crippen molar-refractivity contribution in [3.05, 3.63) is 41.7 Å². The smallest absolute Gasteiger partial charge is 0.281 e. The first-order chi connectivity index (χ1) is 13.0. The molecule has 2 aromatic rings. The molecular weight excluding hydrogens is 355 g/mol. The van der Waals surface area contributed by atoms with Gasteiger partial charge in [0.15, 0.2) is 6.61 Å². The van der Waals surface area contributed by atoms with Crippen LogP contribution < -0.4 is 15.8 Å². The Kier molecular flexibility index (Phi) is 7.01. The molecule has 140 valence electrons. The number of amides is 1. The van der Waals surface area contributed by atoms with Crippen molar-refractivity contribution in [3.8, 4) is 18.2 Å². The SMILES string of the molecule is C#CCOc1cnc(C(=O)Nc2ccc(F)c(CCOC(N)=NC)n2)cn1. The van der Waals surface area contributed by atoms with Crippen LogP contribution in [-0.2, 0) is 11.2 Å². The number of carbonyl (C=O) groups is 1. The summed E-state index contributed by atoms with van der Waals surface area (Å²) in [6.45, 7) is 0.136. The molecule has 0 aliphatic heterocycles. The van der Waals surface area contributed by atoms with Crippen LogP contribution in [0, 0.1) is 18.2 Å². The topological polar surface area (TPSA) is 125 Å². The molecule has 10 heteroatoms. The van der Waals surface area contributed by atoms with Gasteiger partial charge in [-0.05, 0) is 12.1 Å². The fourth-order valence-corrected chi connectivity index (χ4v) is 1.85. The lowest BCUT2D eigenvalue weighted by atomic mass is 10.2. The molecule has 0 aromatic carbocycles. The molecule has 27 heavy (non-hydrogen) atoms. The van der Waals surface area contributed by atoms with Gasteiger partial charge in [0, 0.05) is 13.5 Å². The van der Waals surface area contributed by atoms with E-state index in [0.717, 1.165) is 0 Å². The molecule has 9 nitrogen and oxygen atoms in total. The van der Waals surface area contributed by atoms with E-state index in [1.807, 2.05) is 0 Å². The monoisotopic (exact) mass is 372 g/mol. The Balaban J connectivity index is 2.00. The van der Waals surface area contributed by atoms with Crippen LogP contribution in [0.25, 0.3) is 0 Å². The second kappa shape index (κ2) is 9.67.